The van der Waals surface area contributed by atoms with E-state index in [-0.39, 0.29) is 9.68 Å². The Kier molecular flexibility index (Phi) is 6.14. The standard InChI is InChI=1S/C9H25NSi2/c1-6-8(4)10(7(2)3)12-9(5)11/h7-9H,6,12H2,1-5,11H3. The highest BCUT2D eigenvalue weighted by molar-refractivity contribution is 6.47. The fourth-order valence-corrected chi connectivity index (χ4v) is 4.70. The van der Waals surface area contributed by atoms with Crippen molar-refractivity contribution in [2.75, 3.05) is 0 Å². The third-order valence-electron chi connectivity index (χ3n) is 2.40. The fourth-order valence-electron chi connectivity index (χ4n) is 1.56. The highest BCUT2D eigenvalue weighted by Crippen LogP contribution is 2.10. The molecular weight excluding hydrogens is 178 g/mol. The summed E-state index contributed by atoms with van der Waals surface area (Å²) in [5, 5.41) is 1.06. The molecule has 0 aliphatic carbocycles. The van der Waals surface area contributed by atoms with Crippen LogP contribution < -0.4 is 0 Å². The van der Waals surface area contributed by atoms with Crippen molar-refractivity contribution in [2.24, 2.45) is 0 Å². The molecule has 0 aromatic carbocycles. The number of rotatable bonds is 5. The molecule has 1 nitrogen and oxygen atoms in total. The van der Waals surface area contributed by atoms with Gasteiger partial charge in [0.1, 0.15) is 0 Å². The lowest BCUT2D eigenvalue weighted by Crippen LogP contribution is -2.42. The van der Waals surface area contributed by atoms with Gasteiger partial charge in [0.2, 0.25) is 0 Å². The van der Waals surface area contributed by atoms with Crippen molar-refractivity contribution in [3.63, 3.8) is 0 Å². The molecule has 0 amide bonds. The Morgan fingerprint density at radius 2 is 1.75 bits per heavy atom. The van der Waals surface area contributed by atoms with Crippen molar-refractivity contribution in [1.29, 1.82) is 0 Å². The van der Waals surface area contributed by atoms with Crippen LogP contribution in [-0.2, 0) is 0 Å². The smallest absolute Gasteiger partial charge is 0.0951 e. The third kappa shape index (κ3) is 4.43. The number of nitrogens with zero attached hydrogens (tertiary/aromatic N) is 1. The monoisotopic (exact) mass is 203 g/mol. The lowest BCUT2D eigenvalue weighted by atomic mass is 10.2. The van der Waals surface area contributed by atoms with Crippen molar-refractivity contribution in [1.82, 2.24) is 4.57 Å². The molecule has 74 valence electrons. The van der Waals surface area contributed by atoms with E-state index in [1.54, 1.807) is 0 Å². The summed E-state index contributed by atoms with van der Waals surface area (Å²) in [7, 11) is 1.43. The molecule has 0 aliphatic heterocycles. The molecule has 0 aromatic heterocycles. The summed E-state index contributed by atoms with van der Waals surface area (Å²) in [5.74, 6) is 0. The average Bonchev–Trinajstić information content (AvgIpc) is 1.98. The summed E-state index contributed by atoms with van der Waals surface area (Å²) in [5.41, 5.74) is 0. The molecule has 0 saturated heterocycles. The molecule has 0 rings (SSSR count). The minimum Gasteiger partial charge on any atom is -0.325 e. The summed E-state index contributed by atoms with van der Waals surface area (Å²) in [6.07, 6.45) is 1.31. The Hall–Kier alpha value is 0.394. The van der Waals surface area contributed by atoms with Gasteiger partial charge < -0.3 is 4.57 Å². The van der Waals surface area contributed by atoms with Crippen LogP contribution in [0, 0.1) is 0 Å². The molecule has 2 unspecified atom stereocenters. The van der Waals surface area contributed by atoms with Crippen LogP contribution >= 0.6 is 0 Å². The molecule has 3 heteroatoms. The van der Waals surface area contributed by atoms with Gasteiger partial charge in [-0.3, -0.25) is 0 Å². The lowest BCUT2D eigenvalue weighted by Gasteiger charge is -2.33. The molecule has 0 spiro atoms. The Morgan fingerprint density at radius 1 is 1.25 bits per heavy atom. The quantitative estimate of drug-likeness (QED) is 0.595. The maximum atomic E-state index is 2.76. The molecule has 0 fully saturated rings. The minimum atomic E-state index is 0.0492. The molecule has 0 bridgehead atoms. The van der Waals surface area contributed by atoms with Crippen molar-refractivity contribution in [2.45, 2.75) is 58.3 Å². The molecule has 0 saturated carbocycles. The zero-order chi connectivity index (χ0) is 9.72. The highest BCUT2D eigenvalue weighted by atomic mass is 28.3. The van der Waals surface area contributed by atoms with Crippen molar-refractivity contribution < 1.29 is 0 Å². The van der Waals surface area contributed by atoms with Gasteiger partial charge in [-0.2, -0.15) is 0 Å². The first-order valence-corrected chi connectivity index (χ1v) is 7.85. The van der Waals surface area contributed by atoms with Crippen LogP contribution in [0.2, 0.25) is 5.16 Å². The Bertz CT molecular complexity index is 115. The molecule has 12 heavy (non-hydrogen) atoms. The van der Waals surface area contributed by atoms with E-state index < -0.39 is 0 Å². The van der Waals surface area contributed by atoms with E-state index in [2.05, 4.69) is 39.2 Å². The van der Waals surface area contributed by atoms with Gasteiger partial charge in [0.15, 0.2) is 0 Å². The van der Waals surface area contributed by atoms with E-state index in [0.717, 1.165) is 17.2 Å². The van der Waals surface area contributed by atoms with Gasteiger partial charge in [-0.05, 0) is 18.5 Å². The van der Waals surface area contributed by atoms with Gasteiger partial charge >= 0.3 is 0 Å². The zero-order valence-electron chi connectivity index (χ0n) is 9.59. The summed E-state index contributed by atoms with van der Waals surface area (Å²) >= 11 is 0. The summed E-state index contributed by atoms with van der Waals surface area (Å²) in [4.78, 5) is 0. The number of hydrogen-bond donors (Lipinski definition) is 0. The molecule has 0 aromatic rings. The van der Waals surface area contributed by atoms with Crippen LogP contribution in [0.25, 0.3) is 0 Å². The largest absolute Gasteiger partial charge is 0.325 e. The van der Waals surface area contributed by atoms with E-state index in [4.69, 9.17) is 0 Å². The van der Waals surface area contributed by atoms with E-state index in [1.165, 1.54) is 16.7 Å². The summed E-state index contributed by atoms with van der Waals surface area (Å²) in [6.45, 7) is 11.8. The first-order chi connectivity index (χ1) is 5.49. The van der Waals surface area contributed by atoms with Crippen LogP contribution in [0.1, 0.15) is 41.0 Å². The van der Waals surface area contributed by atoms with E-state index >= 15 is 0 Å². The van der Waals surface area contributed by atoms with E-state index in [0.29, 0.717) is 0 Å². The topological polar surface area (TPSA) is 3.24 Å². The fraction of sp³-hybridized carbons (Fsp3) is 1.00. The van der Waals surface area contributed by atoms with Crippen molar-refractivity contribution >= 4 is 19.9 Å². The second kappa shape index (κ2) is 5.94. The van der Waals surface area contributed by atoms with Crippen LogP contribution in [0.15, 0.2) is 0 Å². The van der Waals surface area contributed by atoms with Gasteiger partial charge in [0, 0.05) is 10.2 Å². The minimum absolute atomic E-state index is 0.0492. The van der Waals surface area contributed by atoms with Gasteiger partial charge in [0.25, 0.3) is 0 Å². The van der Waals surface area contributed by atoms with Crippen molar-refractivity contribution in [3.05, 3.63) is 0 Å². The molecule has 0 radical (unpaired) electrons. The molecule has 0 N–H and O–H groups in total. The number of hydrogen-bond acceptors (Lipinski definition) is 1. The predicted octanol–water partition coefficient (Wildman–Crippen LogP) is 0.710. The lowest BCUT2D eigenvalue weighted by molar-refractivity contribution is 0.287. The zero-order valence-corrected chi connectivity index (χ0v) is 13.0. The molecular formula is C9H25NSi2. The Labute approximate surface area is 83.2 Å². The average molecular weight is 203 g/mol. The van der Waals surface area contributed by atoms with E-state index in [1.807, 2.05) is 0 Å². The van der Waals surface area contributed by atoms with Gasteiger partial charge in [-0.1, -0.05) is 39.8 Å². The van der Waals surface area contributed by atoms with Gasteiger partial charge in [-0.15, -0.1) is 0 Å². The second-order valence-electron chi connectivity index (χ2n) is 4.44. The van der Waals surface area contributed by atoms with E-state index in [9.17, 15) is 0 Å². The molecule has 2 atom stereocenters. The maximum absolute atomic E-state index is 2.76. The van der Waals surface area contributed by atoms with Crippen LogP contribution in [0.3, 0.4) is 0 Å². The second-order valence-corrected chi connectivity index (χ2v) is 10.8. The Balaban J connectivity index is 4.03. The van der Waals surface area contributed by atoms with Crippen LogP contribution in [-0.4, -0.2) is 36.6 Å². The summed E-state index contributed by atoms with van der Waals surface area (Å²) in [6, 6.07) is 1.58. The third-order valence-corrected chi connectivity index (χ3v) is 6.00. The van der Waals surface area contributed by atoms with Gasteiger partial charge in [0.05, 0.1) is 9.68 Å². The highest BCUT2D eigenvalue weighted by Gasteiger charge is 2.16. The Morgan fingerprint density at radius 3 is 2.00 bits per heavy atom. The summed E-state index contributed by atoms with van der Waals surface area (Å²) < 4.78 is 2.76. The van der Waals surface area contributed by atoms with Gasteiger partial charge in [-0.25, -0.2) is 0 Å². The molecule has 0 aliphatic rings. The maximum Gasteiger partial charge on any atom is 0.0951 e. The SMILES string of the molecule is CCC(C)N([SiH2]C(C)[SiH3])C(C)C. The normalized spacial score (nSPS) is 18.2. The van der Waals surface area contributed by atoms with Crippen LogP contribution in [0.4, 0.5) is 0 Å². The van der Waals surface area contributed by atoms with Crippen molar-refractivity contribution in [3.8, 4) is 0 Å². The first-order valence-electron chi connectivity index (χ1n) is 5.24. The first kappa shape index (κ1) is 12.4. The molecule has 0 heterocycles. The van der Waals surface area contributed by atoms with Crippen LogP contribution in [0.5, 0.6) is 0 Å². The predicted molar refractivity (Wildman–Crippen MR) is 64.6 cm³/mol.